The van der Waals surface area contributed by atoms with Gasteiger partial charge in [0.15, 0.2) is 0 Å². The molecule has 0 bridgehead atoms. The van der Waals surface area contributed by atoms with Crippen LogP contribution in [0.25, 0.3) is 0 Å². The first-order valence-electron chi connectivity index (χ1n) is 8.02. The topological polar surface area (TPSA) is 67.4 Å². The fourth-order valence-electron chi connectivity index (χ4n) is 2.15. The second kappa shape index (κ2) is 8.72. The summed E-state index contributed by atoms with van der Waals surface area (Å²) >= 11 is 0. The predicted octanol–water partition coefficient (Wildman–Crippen LogP) is 3.48. The van der Waals surface area contributed by atoms with Crippen molar-refractivity contribution in [2.45, 2.75) is 20.3 Å². The number of amides is 1. The molecule has 0 aliphatic heterocycles. The second-order valence-electron chi connectivity index (χ2n) is 5.25. The van der Waals surface area contributed by atoms with Crippen LogP contribution in [-0.4, -0.2) is 25.0 Å². The van der Waals surface area contributed by atoms with Gasteiger partial charge in [-0.1, -0.05) is 19.1 Å². The zero-order valence-corrected chi connectivity index (χ0v) is 14.0. The summed E-state index contributed by atoms with van der Waals surface area (Å²) in [6.07, 6.45) is 0.970. The number of esters is 1. The molecule has 0 heterocycles. The van der Waals surface area contributed by atoms with Gasteiger partial charge in [-0.15, -0.1) is 0 Å². The van der Waals surface area contributed by atoms with Gasteiger partial charge in [0.25, 0.3) is 0 Å². The Morgan fingerprint density at radius 2 is 1.54 bits per heavy atom. The lowest BCUT2D eigenvalue weighted by Gasteiger charge is -2.09. The average molecular weight is 326 g/mol. The zero-order chi connectivity index (χ0) is 17.4. The largest absolute Gasteiger partial charge is 0.462 e. The normalized spacial score (nSPS) is 10.1. The maximum atomic E-state index is 12.0. The number of anilines is 2. The van der Waals surface area contributed by atoms with Gasteiger partial charge in [-0.25, -0.2) is 4.79 Å². The van der Waals surface area contributed by atoms with Crippen LogP contribution in [-0.2, 0) is 16.0 Å². The lowest BCUT2D eigenvalue weighted by Crippen LogP contribution is -2.21. The van der Waals surface area contributed by atoms with Crippen LogP contribution in [0.4, 0.5) is 11.4 Å². The minimum absolute atomic E-state index is 0.131. The zero-order valence-electron chi connectivity index (χ0n) is 14.0. The van der Waals surface area contributed by atoms with E-state index < -0.39 is 0 Å². The monoisotopic (exact) mass is 326 g/mol. The van der Waals surface area contributed by atoms with Crippen LogP contribution in [0, 0.1) is 0 Å². The summed E-state index contributed by atoms with van der Waals surface area (Å²) < 4.78 is 4.93. The van der Waals surface area contributed by atoms with Crippen molar-refractivity contribution >= 4 is 23.3 Å². The van der Waals surface area contributed by atoms with Crippen LogP contribution >= 0.6 is 0 Å². The van der Waals surface area contributed by atoms with E-state index in [9.17, 15) is 9.59 Å². The third kappa shape index (κ3) is 5.12. The molecule has 0 unspecified atom stereocenters. The van der Waals surface area contributed by atoms with Gasteiger partial charge < -0.3 is 15.4 Å². The standard InChI is InChI=1S/C19H22N2O3/c1-3-14-5-9-17(10-6-14)21-18(22)13-20-16-11-7-15(8-12-16)19(23)24-4-2/h5-12,20H,3-4,13H2,1-2H3,(H,21,22). The van der Waals surface area contributed by atoms with Gasteiger partial charge in [0.2, 0.25) is 5.91 Å². The third-order valence-electron chi connectivity index (χ3n) is 3.50. The van der Waals surface area contributed by atoms with E-state index >= 15 is 0 Å². The number of carbonyl (C=O) groups excluding carboxylic acids is 2. The minimum atomic E-state index is -0.350. The molecule has 1 amide bonds. The number of rotatable bonds is 7. The van der Waals surface area contributed by atoms with Gasteiger partial charge in [0.05, 0.1) is 18.7 Å². The van der Waals surface area contributed by atoms with Crippen molar-refractivity contribution in [1.29, 1.82) is 0 Å². The molecule has 0 saturated carbocycles. The van der Waals surface area contributed by atoms with Crippen LogP contribution < -0.4 is 10.6 Å². The van der Waals surface area contributed by atoms with Crippen molar-refractivity contribution in [1.82, 2.24) is 0 Å². The van der Waals surface area contributed by atoms with Crippen molar-refractivity contribution in [2.24, 2.45) is 0 Å². The fourth-order valence-corrected chi connectivity index (χ4v) is 2.15. The van der Waals surface area contributed by atoms with E-state index in [0.717, 1.165) is 17.8 Å². The molecule has 5 heteroatoms. The van der Waals surface area contributed by atoms with Crippen molar-refractivity contribution in [2.75, 3.05) is 23.8 Å². The highest BCUT2D eigenvalue weighted by molar-refractivity contribution is 5.94. The van der Waals surface area contributed by atoms with E-state index in [0.29, 0.717) is 12.2 Å². The molecule has 5 nitrogen and oxygen atoms in total. The van der Waals surface area contributed by atoms with Gasteiger partial charge in [-0.2, -0.15) is 0 Å². The number of nitrogens with one attached hydrogen (secondary N) is 2. The van der Waals surface area contributed by atoms with Crippen LogP contribution in [0.2, 0.25) is 0 Å². The minimum Gasteiger partial charge on any atom is -0.462 e. The predicted molar refractivity (Wildman–Crippen MR) is 95.3 cm³/mol. The Morgan fingerprint density at radius 1 is 0.917 bits per heavy atom. The van der Waals surface area contributed by atoms with Crippen molar-refractivity contribution in [3.63, 3.8) is 0 Å². The summed E-state index contributed by atoms with van der Waals surface area (Å²) in [4.78, 5) is 23.5. The van der Waals surface area contributed by atoms with Crippen molar-refractivity contribution < 1.29 is 14.3 Å². The molecule has 0 spiro atoms. The van der Waals surface area contributed by atoms with Gasteiger partial charge in [0, 0.05) is 11.4 Å². The maximum absolute atomic E-state index is 12.0. The summed E-state index contributed by atoms with van der Waals surface area (Å²) in [5.74, 6) is -0.481. The van der Waals surface area contributed by atoms with Crippen LogP contribution in [0.5, 0.6) is 0 Å². The lowest BCUT2D eigenvalue weighted by atomic mass is 10.1. The van der Waals surface area contributed by atoms with E-state index in [4.69, 9.17) is 4.74 Å². The van der Waals surface area contributed by atoms with Crippen LogP contribution in [0.15, 0.2) is 48.5 Å². The second-order valence-corrected chi connectivity index (χ2v) is 5.25. The molecule has 2 aromatic rings. The highest BCUT2D eigenvalue weighted by atomic mass is 16.5. The molecular weight excluding hydrogens is 304 g/mol. The smallest absolute Gasteiger partial charge is 0.338 e. The Balaban J connectivity index is 1.83. The molecule has 2 aromatic carbocycles. The van der Waals surface area contributed by atoms with Crippen LogP contribution in [0.3, 0.4) is 0 Å². The molecule has 24 heavy (non-hydrogen) atoms. The summed E-state index contributed by atoms with van der Waals surface area (Å²) in [7, 11) is 0. The van der Waals surface area contributed by atoms with Crippen molar-refractivity contribution in [3.05, 3.63) is 59.7 Å². The first-order chi connectivity index (χ1) is 11.6. The number of aryl methyl sites for hydroxylation is 1. The third-order valence-corrected chi connectivity index (χ3v) is 3.50. The van der Waals surface area contributed by atoms with Gasteiger partial charge in [-0.05, 0) is 55.3 Å². The highest BCUT2D eigenvalue weighted by Gasteiger charge is 2.06. The number of hydrogen-bond acceptors (Lipinski definition) is 4. The SMILES string of the molecule is CCOC(=O)c1ccc(NCC(=O)Nc2ccc(CC)cc2)cc1. The lowest BCUT2D eigenvalue weighted by molar-refractivity contribution is -0.114. The number of carbonyl (C=O) groups is 2. The number of ether oxygens (including phenoxy) is 1. The quantitative estimate of drug-likeness (QED) is 0.765. The Hall–Kier alpha value is -2.82. The molecule has 126 valence electrons. The molecule has 0 saturated heterocycles. The summed E-state index contributed by atoms with van der Waals surface area (Å²) in [6.45, 7) is 4.35. The summed E-state index contributed by atoms with van der Waals surface area (Å²) in [6, 6.07) is 14.6. The first-order valence-corrected chi connectivity index (χ1v) is 8.02. The molecule has 0 atom stereocenters. The molecule has 2 rings (SSSR count). The Labute approximate surface area is 142 Å². The van der Waals surface area contributed by atoms with E-state index in [1.807, 2.05) is 24.3 Å². The van der Waals surface area contributed by atoms with Crippen molar-refractivity contribution in [3.8, 4) is 0 Å². The van der Waals surface area contributed by atoms with E-state index in [1.54, 1.807) is 31.2 Å². The maximum Gasteiger partial charge on any atom is 0.338 e. The van der Waals surface area contributed by atoms with Gasteiger partial charge >= 0.3 is 5.97 Å². The van der Waals surface area contributed by atoms with E-state index in [-0.39, 0.29) is 18.4 Å². The Morgan fingerprint density at radius 3 is 2.12 bits per heavy atom. The molecule has 0 aromatic heterocycles. The van der Waals surface area contributed by atoms with Crippen LogP contribution in [0.1, 0.15) is 29.8 Å². The first kappa shape index (κ1) is 17.5. The number of hydrogen-bond donors (Lipinski definition) is 2. The molecule has 2 N–H and O–H groups in total. The highest BCUT2D eigenvalue weighted by Crippen LogP contribution is 2.12. The molecule has 0 fully saturated rings. The van der Waals surface area contributed by atoms with Gasteiger partial charge in [0.1, 0.15) is 0 Å². The van der Waals surface area contributed by atoms with E-state index in [1.165, 1.54) is 5.56 Å². The molecular formula is C19H22N2O3. The molecule has 0 aliphatic carbocycles. The average Bonchev–Trinajstić information content (AvgIpc) is 2.61. The summed E-state index contributed by atoms with van der Waals surface area (Å²) in [5, 5.41) is 5.86. The Bertz CT molecular complexity index is 679. The van der Waals surface area contributed by atoms with Gasteiger partial charge in [-0.3, -0.25) is 4.79 Å². The molecule has 0 radical (unpaired) electrons. The van der Waals surface area contributed by atoms with E-state index in [2.05, 4.69) is 17.6 Å². The fraction of sp³-hybridized carbons (Fsp3) is 0.263. The molecule has 0 aliphatic rings. The summed E-state index contributed by atoms with van der Waals surface area (Å²) in [5.41, 5.74) is 3.26. The number of benzene rings is 2. The Kier molecular flexibility index (Phi) is 6.37.